The van der Waals surface area contributed by atoms with E-state index in [9.17, 15) is 4.79 Å². The van der Waals surface area contributed by atoms with Gasteiger partial charge in [-0.1, -0.05) is 23.8 Å². The Kier molecular flexibility index (Phi) is 6.69. The lowest BCUT2D eigenvalue weighted by atomic mass is 10.1. The van der Waals surface area contributed by atoms with Gasteiger partial charge in [-0.2, -0.15) is 0 Å². The Morgan fingerprint density at radius 2 is 1.88 bits per heavy atom. The van der Waals surface area contributed by atoms with Crippen LogP contribution in [-0.4, -0.2) is 26.3 Å². The first-order chi connectivity index (χ1) is 12.0. The van der Waals surface area contributed by atoms with Crippen molar-refractivity contribution in [3.05, 3.63) is 53.1 Å². The first kappa shape index (κ1) is 18.6. The quantitative estimate of drug-likeness (QED) is 0.797. The van der Waals surface area contributed by atoms with E-state index in [-0.39, 0.29) is 6.03 Å². The van der Waals surface area contributed by atoms with E-state index in [0.717, 1.165) is 22.6 Å². The summed E-state index contributed by atoms with van der Waals surface area (Å²) in [5.74, 6) is 1.44. The molecule has 0 aliphatic carbocycles. The van der Waals surface area contributed by atoms with Crippen molar-refractivity contribution < 1.29 is 14.3 Å². The number of benzene rings is 2. The zero-order valence-electron chi connectivity index (χ0n) is 15.3. The Labute approximate surface area is 149 Å². The molecule has 0 aromatic heterocycles. The normalized spacial score (nSPS) is 10.2. The van der Waals surface area contributed by atoms with Crippen molar-refractivity contribution in [2.24, 2.45) is 0 Å². The molecule has 0 bridgehead atoms. The molecule has 2 rings (SSSR count). The highest BCUT2D eigenvalue weighted by Gasteiger charge is 2.07. The standard InChI is InChI=1S/C20H26N2O3/c1-5-25-18-9-7-16(13-19(18)24-4)10-11-21-20(23)22-17-8-6-14(2)12-15(17)3/h6-9,12-13H,5,10-11H2,1-4H3,(H2,21,22,23). The van der Waals surface area contributed by atoms with Gasteiger partial charge in [-0.3, -0.25) is 0 Å². The van der Waals surface area contributed by atoms with Gasteiger partial charge in [-0.05, 0) is 56.5 Å². The minimum Gasteiger partial charge on any atom is -0.493 e. The van der Waals surface area contributed by atoms with Crippen LogP contribution in [0.1, 0.15) is 23.6 Å². The summed E-state index contributed by atoms with van der Waals surface area (Å²) in [6, 6.07) is 11.6. The molecule has 0 atom stereocenters. The number of carbonyl (C=O) groups is 1. The number of rotatable bonds is 7. The van der Waals surface area contributed by atoms with Crippen molar-refractivity contribution in [2.45, 2.75) is 27.2 Å². The van der Waals surface area contributed by atoms with Crippen LogP contribution in [0.25, 0.3) is 0 Å². The van der Waals surface area contributed by atoms with E-state index in [1.807, 2.05) is 57.2 Å². The van der Waals surface area contributed by atoms with Gasteiger partial charge in [0.2, 0.25) is 0 Å². The van der Waals surface area contributed by atoms with Gasteiger partial charge < -0.3 is 20.1 Å². The number of hydrogen-bond donors (Lipinski definition) is 2. The summed E-state index contributed by atoms with van der Waals surface area (Å²) in [5, 5.41) is 5.75. The third-order valence-electron chi connectivity index (χ3n) is 3.86. The summed E-state index contributed by atoms with van der Waals surface area (Å²) < 4.78 is 10.8. The van der Waals surface area contributed by atoms with Crippen molar-refractivity contribution in [3.63, 3.8) is 0 Å². The van der Waals surface area contributed by atoms with Crippen molar-refractivity contribution in [1.29, 1.82) is 0 Å². The average molecular weight is 342 g/mol. The fourth-order valence-corrected chi connectivity index (χ4v) is 2.58. The van der Waals surface area contributed by atoms with Crippen LogP contribution in [0.5, 0.6) is 11.5 Å². The summed E-state index contributed by atoms with van der Waals surface area (Å²) in [6.07, 6.45) is 0.711. The van der Waals surface area contributed by atoms with E-state index in [0.29, 0.717) is 25.3 Å². The average Bonchev–Trinajstić information content (AvgIpc) is 2.59. The lowest BCUT2D eigenvalue weighted by molar-refractivity contribution is 0.252. The molecule has 0 saturated heterocycles. The molecule has 5 nitrogen and oxygen atoms in total. The fraction of sp³-hybridized carbons (Fsp3) is 0.350. The molecule has 0 unspecified atom stereocenters. The molecule has 2 amide bonds. The second-order valence-electron chi connectivity index (χ2n) is 5.87. The number of ether oxygens (including phenoxy) is 2. The van der Waals surface area contributed by atoms with Gasteiger partial charge >= 0.3 is 6.03 Å². The van der Waals surface area contributed by atoms with E-state index in [1.54, 1.807) is 7.11 Å². The highest BCUT2D eigenvalue weighted by Crippen LogP contribution is 2.28. The summed E-state index contributed by atoms with van der Waals surface area (Å²) in [6.45, 7) is 7.08. The first-order valence-corrected chi connectivity index (χ1v) is 8.45. The van der Waals surface area contributed by atoms with Gasteiger partial charge in [0.1, 0.15) is 0 Å². The zero-order valence-corrected chi connectivity index (χ0v) is 15.3. The van der Waals surface area contributed by atoms with Crippen LogP contribution in [0.15, 0.2) is 36.4 Å². The molecular weight excluding hydrogens is 316 g/mol. The van der Waals surface area contributed by atoms with Crippen molar-refractivity contribution >= 4 is 11.7 Å². The molecule has 0 heterocycles. The van der Waals surface area contributed by atoms with Crippen LogP contribution in [0.2, 0.25) is 0 Å². The lowest BCUT2D eigenvalue weighted by Gasteiger charge is -2.12. The Morgan fingerprint density at radius 3 is 2.56 bits per heavy atom. The highest BCUT2D eigenvalue weighted by molar-refractivity contribution is 5.90. The highest BCUT2D eigenvalue weighted by atomic mass is 16.5. The lowest BCUT2D eigenvalue weighted by Crippen LogP contribution is -2.30. The SMILES string of the molecule is CCOc1ccc(CCNC(=O)Nc2ccc(C)cc2C)cc1OC. The number of urea groups is 1. The predicted molar refractivity (Wildman–Crippen MR) is 101 cm³/mol. The number of amides is 2. The molecule has 2 aromatic carbocycles. The molecule has 2 aromatic rings. The van der Waals surface area contributed by atoms with Crippen LogP contribution in [0, 0.1) is 13.8 Å². The maximum atomic E-state index is 12.0. The van der Waals surface area contributed by atoms with Crippen molar-refractivity contribution in [3.8, 4) is 11.5 Å². The second-order valence-corrected chi connectivity index (χ2v) is 5.87. The van der Waals surface area contributed by atoms with Crippen LogP contribution in [0.4, 0.5) is 10.5 Å². The molecule has 0 aliphatic rings. The third kappa shape index (κ3) is 5.41. The Balaban J connectivity index is 1.86. The summed E-state index contributed by atoms with van der Waals surface area (Å²) >= 11 is 0. The molecule has 134 valence electrons. The Bertz CT molecular complexity index is 729. The smallest absolute Gasteiger partial charge is 0.319 e. The zero-order chi connectivity index (χ0) is 18.2. The van der Waals surface area contributed by atoms with E-state index in [4.69, 9.17) is 9.47 Å². The minimum absolute atomic E-state index is 0.204. The molecule has 0 fully saturated rings. The van der Waals surface area contributed by atoms with E-state index in [1.165, 1.54) is 5.56 Å². The maximum absolute atomic E-state index is 12.0. The largest absolute Gasteiger partial charge is 0.493 e. The van der Waals surface area contributed by atoms with Gasteiger partial charge in [0, 0.05) is 12.2 Å². The van der Waals surface area contributed by atoms with Gasteiger partial charge in [-0.15, -0.1) is 0 Å². The van der Waals surface area contributed by atoms with E-state index in [2.05, 4.69) is 10.6 Å². The van der Waals surface area contributed by atoms with Crippen molar-refractivity contribution in [2.75, 3.05) is 25.6 Å². The number of methoxy groups -OCH3 is 1. The summed E-state index contributed by atoms with van der Waals surface area (Å²) in [5.41, 5.74) is 4.12. The third-order valence-corrected chi connectivity index (χ3v) is 3.86. The molecule has 5 heteroatoms. The van der Waals surface area contributed by atoms with Crippen LogP contribution >= 0.6 is 0 Å². The monoisotopic (exact) mass is 342 g/mol. The molecular formula is C20H26N2O3. The second kappa shape index (κ2) is 8.97. The molecule has 0 radical (unpaired) electrons. The number of nitrogens with one attached hydrogen (secondary N) is 2. The minimum atomic E-state index is -0.204. The number of aryl methyl sites for hydroxylation is 2. The fourth-order valence-electron chi connectivity index (χ4n) is 2.58. The predicted octanol–water partition coefficient (Wildman–Crippen LogP) is 4.07. The molecule has 0 spiro atoms. The Hall–Kier alpha value is -2.69. The number of hydrogen-bond acceptors (Lipinski definition) is 3. The topological polar surface area (TPSA) is 59.6 Å². The number of carbonyl (C=O) groups excluding carboxylic acids is 1. The Morgan fingerprint density at radius 1 is 1.08 bits per heavy atom. The summed E-state index contributed by atoms with van der Waals surface area (Å²) in [4.78, 5) is 12.0. The van der Waals surface area contributed by atoms with Gasteiger partial charge in [0.15, 0.2) is 11.5 Å². The van der Waals surface area contributed by atoms with E-state index >= 15 is 0 Å². The van der Waals surface area contributed by atoms with Gasteiger partial charge in [0.25, 0.3) is 0 Å². The molecule has 0 aliphatic heterocycles. The van der Waals surface area contributed by atoms with E-state index < -0.39 is 0 Å². The van der Waals surface area contributed by atoms with Crippen LogP contribution < -0.4 is 20.1 Å². The van der Waals surface area contributed by atoms with Gasteiger partial charge in [-0.25, -0.2) is 4.79 Å². The van der Waals surface area contributed by atoms with Crippen LogP contribution in [0.3, 0.4) is 0 Å². The number of anilines is 1. The van der Waals surface area contributed by atoms with Crippen LogP contribution in [-0.2, 0) is 6.42 Å². The van der Waals surface area contributed by atoms with Crippen molar-refractivity contribution in [1.82, 2.24) is 5.32 Å². The summed E-state index contributed by atoms with van der Waals surface area (Å²) in [7, 11) is 1.62. The molecule has 2 N–H and O–H groups in total. The maximum Gasteiger partial charge on any atom is 0.319 e. The van der Waals surface area contributed by atoms with Gasteiger partial charge in [0.05, 0.1) is 13.7 Å². The molecule has 0 saturated carbocycles. The first-order valence-electron chi connectivity index (χ1n) is 8.45. The molecule has 25 heavy (non-hydrogen) atoms.